The van der Waals surface area contributed by atoms with Crippen molar-refractivity contribution < 1.29 is 17.6 Å². The molecule has 0 aliphatic rings. The van der Waals surface area contributed by atoms with Crippen molar-refractivity contribution in [1.82, 2.24) is 13.3 Å². The van der Waals surface area contributed by atoms with Crippen LogP contribution in [0.3, 0.4) is 0 Å². The van der Waals surface area contributed by atoms with Crippen LogP contribution in [0.1, 0.15) is 19.8 Å². The maximum atomic E-state index is 12.3. The van der Waals surface area contributed by atoms with Crippen LogP contribution in [0, 0.1) is 0 Å². The van der Waals surface area contributed by atoms with Gasteiger partial charge in [-0.3, -0.25) is 4.79 Å². The molecule has 2 aromatic heterocycles. The molecule has 0 saturated carbocycles. The monoisotopic (exact) mass is 341 g/mol. The Labute approximate surface area is 134 Å². The van der Waals surface area contributed by atoms with E-state index in [1.54, 1.807) is 0 Å². The van der Waals surface area contributed by atoms with Crippen LogP contribution in [-0.4, -0.2) is 42.4 Å². The van der Waals surface area contributed by atoms with Crippen LogP contribution in [0.5, 0.6) is 5.75 Å². The van der Waals surface area contributed by atoms with Crippen molar-refractivity contribution in [2.75, 3.05) is 20.7 Å². The summed E-state index contributed by atoms with van der Waals surface area (Å²) in [5.74, 6) is -0.0608. The van der Waals surface area contributed by atoms with Gasteiger partial charge in [0.25, 0.3) is 0 Å². The molecule has 23 heavy (non-hydrogen) atoms. The SMILES string of the molecule is CCCCOc1c(-c2nccn2S(=O)(=O)N(C)C)occc1=O. The van der Waals surface area contributed by atoms with Crippen LogP contribution in [-0.2, 0) is 10.2 Å². The molecule has 9 heteroatoms. The van der Waals surface area contributed by atoms with Crippen molar-refractivity contribution in [3.63, 3.8) is 0 Å². The molecule has 0 fully saturated rings. The summed E-state index contributed by atoms with van der Waals surface area (Å²) in [6.07, 6.45) is 5.45. The molecule has 0 spiro atoms. The zero-order chi connectivity index (χ0) is 17.0. The van der Waals surface area contributed by atoms with E-state index in [4.69, 9.17) is 9.15 Å². The van der Waals surface area contributed by atoms with Crippen LogP contribution in [0.25, 0.3) is 11.6 Å². The molecule has 0 aliphatic carbocycles. The summed E-state index contributed by atoms with van der Waals surface area (Å²) in [4.78, 5) is 16.1. The minimum atomic E-state index is -3.80. The number of aromatic nitrogens is 2. The van der Waals surface area contributed by atoms with Gasteiger partial charge < -0.3 is 9.15 Å². The van der Waals surface area contributed by atoms with E-state index in [0.29, 0.717) is 6.61 Å². The highest BCUT2D eigenvalue weighted by Crippen LogP contribution is 2.27. The average molecular weight is 341 g/mol. The fourth-order valence-corrected chi connectivity index (χ4v) is 2.74. The summed E-state index contributed by atoms with van der Waals surface area (Å²) in [6.45, 7) is 2.33. The second-order valence-corrected chi connectivity index (χ2v) is 7.00. The van der Waals surface area contributed by atoms with Gasteiger partial charge in [-0.25, -0.2) is 8.96 Å². The van der Waals surface area contributed by atoms with Crippen LogP contribution in [0.15, 0.2) is 33.9 Å². The second kappa shape index (κ2) is 6.97. The van der Waals surface area contributed by atoms with E-state index in [0.717, 1.165) is 21.1 Å². The second-order valence-electron chi connectivity index (χ2n) is 4.98. The van der Waals surface area contributed by atoms with E-state index in [1.807, 2.05) is 6.92 Å². The van der Waals surface area contributed by atoms with E-state index in [9.17, 15) is 13.2 Å². The largest absolute Gasteiger partial charge is 0.486 e. The summed E-state index contributed by atoms with van der Waals surface area (Å²) >= 11 is 0. The van der Waals surface area contributed by atoms with Gasteiger partial charge in [0.2, 0.25) is 16.9 Å². The lowest BCUT2D eigenvalue weighted by Crippen LogP contribution is -2.29. The predicted molar refractivity (Wildman–Crippen MR) is 84.6 cm³/mol. The third-order valence-corrected chi connectivity index (χ3v) is 4.82. The molecule has 8 nitrogen and oxygen atoms in total. The van der Waals surface area contributed by atoms with E-state index >= 15 is 0 Å². The zero-order valence-corrected chi connectivity index (χ0v) is 14.0. The van der Waals surface area contributed by atoms with Crippen molar-refractivity contribution in [3.05, 3.63) is 34.9 Å². The van der Waals surface area contributed by atoms with Crippen molar-refractivity contribution in [3.8, 4) is 17.3 Å². The predicted octanol–water partition coefficient (Wildman–Crippen LogP) is 1.34. The Bertz CT molecular complexity index is 823. The Kier molecular flexibility index (Phi) is 5.22. The first-order valence-electron chi connectivity index (χ1n) is 7.11. The highest BCUT2D eigenvalue weighted by Gasteiger charge is 2.25. The zero-order valence-electron chi connectivity index (χ0n) is 13.2. The number of imidazole rings is 1. The van der Waals surface area contributed by atoms with Crippen molar-refractivity contribution in [2.24, 2.45) is 0 Å². The smallest absolute Gasteiger partial charge is 0.308 e. The number of unbranched alkanes of at least 4 members (excludes halogenated alkanes) is 1. The Morgan fingerprint density at radius 1 is 1.39 bits per heavy atom. The Morgan fingerprint density at radius 3 is 2.78 bits per heavy atom. The third kappa shape index (κ3) is 3.45. The first kappa shape index (κ1) is 17.2. The lowest BCUT2D eigenvalue weighted by Gasteiger charge is -2.15. The van der Waals surface area contributed by atoms with Gasteiger partial charge in [-0.2, -0.15) is 12.7 Å². The number of hydrogen-bond acceptors (Lipinski definition) is 6. The molecular formula is C14H19N3O5S. The summed E-state index contributed by atoms with van der Waals surface area (Å²) in [7, 11) is -0.994. The van der Waals surface area contributed by atoms with Crippen molar-refractivity contribution in [1.29, 1.82) is 0 Å². The van der Waals surface area contributed by atoms with E-state index in [1.165, 1.54) is 38.8 Å². The first-order valence-corrected chi connectivity index (χ1v) is 8.50. The standard InChI is InChI=1S/C14H19N3O5S/c1-4-5-9-21-12-11(18)6-10-22-13(12)14-15-7-8-17(14)23(19,20)16(2)3/h6-8,10H,4-5,9H2,1-3H3. The number of rotatable bonds is 7. The van der Waals surface area contributed by atoms with Gasteiger partial charge in [-0.15, -0.1) is 0 Å². The lowest BCUT2D eigenvalue weighted by molar-refractivity contribution is 0.298. The molecule has 0 saturated heterocycles. The number of ether oxygens (including phenoxy) is 1. The lowest BCUT2D eigenvalue weighted by atomic mass is 10.3. The van der Waals surface area contributed by atoms with Crippen LogP contribution in [0.4, 0.5) is 0 Å². The van der Waals surface area contributed by atoms with Crippen molar-refractivity contribution >= 4 is 10.2 Å². The Hall–Kier alpha value is -2.13. The van der Waals surface area contributed by atoms with Gasteiger partial charge in [0.15, 0.2) is 5.82 Å². The molecule has 0 aliphatic heterocycles. The third-order valence-electron chi connectivity index (χ3n) is 3.10. The molecule has 0 atom stereocenters. The summed E-state index contributed by atoms with van der Waals surface area (Å²) in [5, 5.41) is 0. The highest BCUT2D eigenvalue weighted by atomic mass is 32.2. The maximum Gasteiger partial charge on any atom is 0.308 e. The Morgan fingerprint density at radius 2 is 2.13 bits per heavy atom. The molecule has 0 N–H and O–H groups in total. The molecule has 0 aromatic carbocycles. The van der Waals surface area contributed by atoms with Gasteiger partial charge in [-0.1, -0.05) is 13.3 Å². The van der Waals surface area contributed by atoms with Crippen LogP contribution >= 0.6 is 0 Å². The van der Waals surface area contributed by atoms with E-state index < -0.39 is 10.2 Å². The summed E-state index contributed by atoms with van der Waals surface area (Å²) < 4.78 is 37.5. The van der Waals surface area contributed by atoms with Crippen molar-refractivity contribution in [2.45, 2.75) is 19.8 Å². The van der Waals surface area contributed by atoms with Gasteiger partial charge in [-0.05, 0) is 6.42 Å². The van der Waals surface area contributed by atoms with Gasteiger partial charge in [0, 0.05) is 32.6 Å². The maximum absolute atomic E-state index is 12.3. The molecule has 2 heterocycles. The average Bonchev–Trinajstić information content (AvgIpc) is 2.99. The summed E-state index contributed by atoms with van der Waals surface area (Å²) in [5.41, 5.74) is -0.390. The molecule has 0 bridgehead atoms. The van der Waals surface area contributed by atoms with E-state index in [2.05, 4.69) is 4.98 Å². The highest BCUT2D eigenvalue weighted by molar-refractivity contribution is 7.87. The van der Waals surface area contributed by atoms with E-state index in [-0.39, 0.29) is 22.8 Å². The number of nitrogens with zero attached hydrogens (tertiary/aromatic N) is 3. The van der Waals surface area contributed by atoms with Crippen LogP contribution in [0.2, 0.25) is 0 Å². The molecule has 0 radical (unpaired) electrons. The van der Waals surface area contributed by atoms with Gasteiger partial charge >= 0.3 is 10.2 Å². The molecule has 0 unspecified atom stereocenters. The molecule has 0 amide bonds. The number of hydrogen-bond donors (Lipinski definition) is 0. The normalized spacial score (nSPS) is 11.8. The first-order chi connectivity index (χ1) is 10.9. The fourth-order valence-electron chi connectivity index (χ4n) is 1.83. The molecular weight excluding hydrogens is 322 g/mol. The minimum absolute atomic E-state index is 0.0102. The minimum Gasteiger partial charge on any atom is -0.486 e. The topological polar surface area (TPSA) is 94.6 Å². The van der Waals surface area contributed by atoms with Crippen LogP contribution < -0.4 is 10.2 Å². The Balaban J connectivity index is 2.55. The van der Waals surface area contributed by atoms with Gasteiger partial charge in [0.1, 0.15) is 0 Å². The molecule has 126 valence electrons. The van der Waals surface area contributed by atoms with Gasteiger partial charge in [0.05, 0.1) is 12.9 Å². The molecule has 2 aromatic rings. The quantitative estimate of drug-likeness (QED) is 0.705. The summed E-state index contributed by atoms with van der Waals surface area (Å²) in [6, 6.07) is 1.22. The molecule has 2 rings (SSSR count). The fraction of sp³-hybridized carbons (Fsp3) is 0.429.